The Morgan fingerprint density at radius 2 is 2.00 bits per heavy atom. The van der Waals surface area contributed by atoms with Crippen LogP contribution in [-0.4, -0.2) is 43.1 Å². The molecule has 0 bridgehead atoms. The van der Waals surface area contributed by atoms with E-state index in [9.17, 15) is 4.79 Å². The van der Waals surface area contributed by atoms with Crippen LogP contribution in [0.2, 0.25) is 0 Å². The molecule has 0 atom stereocenters. The molecule has 2 aromatic rings. The highest BCUT2D eigenvalue weighted by Gasteiger charge is 2.03. The number of nitrogens with one attached hydrogen (secondary N) is 3. The van der Waals surface area contributed by atoms with Crippen molar-refractivity contribution in [3.63, 3.8) is 0 Å². The zero-order valence-electron chi connectivity index (χ0n) is 17.2. The summed E-state index contributed by atoms with van der Waals surface area (Å²) in [6.45, 7) is 8.62. The molecule has 160 valence electrons. The van der Waals surface area contributed by atoms with Gasteiger partial charge in [0, 0.05) is 31.4 Å². The molecular formula is C20H30IN5O2S. The first-order valence-electron chi connectivity index (χ1n) is 9.52. The summed E-state index contributed by atoms with van der Waals surface area (Å²) in [6, 6.07) is 7.64. The Hall–Kier alpha value is -1.88. The molecule has 2 rings (SSSR count). The van der Waals surface area contributed by atoms with Crippen molar-refractivity contribution in [1.82, 2.24) is 20.9 Å². The maximum absolute atomic E-state index is 11.5. The largest absolute Gasteiger partial charge is 0.484 e. The number of benzene rings is 1. The lowest BCUT2D eigenvalue weighted by molar-refractivity contribution is -0.122. The zero-order chi connectivity index (χ0) is 20.2. The van der Waals surface area contributed by atoms with Gasteiger partial charge in [0.25, 0.3) is 5.91 Å². The Kier molecular flexibility index (Phi) is 12.3. The van der Waals surface area contributed by atoms with E-state index < -0.39 is 0 Å². The van der Waals surface area contributed by atoms with Crippen LogP contribution in [0.15, 0.2) is 34.6 Å². The number of halogens is 1. The lowest BCUT2D eigenvalue weighted by Gasteiger charge is -2.11. The van der Waals surface area contributed by atoms with E-state index in [-0.39, 0.29) is 36.5 Å². The molecule has 0 aliphatic heterocycles. The average Bonchev–Trinajstić information content (AvgIpc) is 3.10. The van der Waals surface area contributed by atoms with Crippen molar-refractivity contribution in [3.05, 3.63) is 45.9 Å². The lowest BCUT2D eigenvalue weighted by Crippen LogP contribution is -2.38. The Bertz CT molecular complexity index is 782. The minimum atomic E-state index is -0.125. The van der Waals surface area contributed by atoms with E-state index in [0.717, 1.165) is 41.7 Å². The van der Waals surface area contributed by atoms with E-state index in [1.165, 1.54) is 0 Å². The van der Waals surface area contributed by atoms with Crippen molar-refractivity contribution >= 4 is 47.2 Å². The number of hydrogen-bond acceptors (Lipinski definition) is 5. The molecule has 29 heavy (non-hydrogen) atoms. The van der Waals surface area contributed by atoms with Gasteiger partial charge in [0.1, 0.15) is 5.75 Å². The summed E-state index contributed by atoms with van der Waals surface area (Å²) in [5, 5.41) is 12.5. The highest BCUT2D eigenvalue weighted by molar-refractivity contribution is 14.0. The standard InChI is InChI=1S/C20H29N5O2S.HI/c1-4-21-19(26)13-27-18-8-6-7-16(11-18)12-24-20(22-5-2)23-10-9-17-14-28-15(3)25-17;/h6-8,11,14H,4-5,9-10,12-13H2,1-3H3,(H,21,26)(H2,22,23,24);1H. The van der Waals surface area contributed by atoms with E-state index in [1.807, 2.05) is 45.0 Å². The molecule has 1 heterocycles. The molecule has 0 aliphatic rings. The van der Waals surface area contributed by atoms with Gasteiger partial charge >= 0.3 is 0 Å². The second-order valence-electron chi connectivity index (χ2n) is 6.12. The van der Waals surface area contributed by atoms with Gasteiger partial charge in [-0.05, 0) is 38.5 Å². The van der Waals surface area contributed by atoms with Crippen LogP contribution in [0, 0.1) is 6.92 Å². The molecule has 1 aromatic carbocycles. The third-order valence-electron chi connectivity index (χ3n) is 3.75. The minimum Gasteiger partial charge on any atom is -0.484 e. The van der Waals surface area contributed by atoms with E-state index in [2.05, 4.69) is 31.3 Å². The topological polar surface area (TPSA) is 87.6 Å². The Labute approximate surface area is 193 Å². The lowest BCUT2D eigenvalue weighted by atomic mass is 10.2. The average molecular weight is 531 g/mol. The maximum atomic E-state index is 11.5. The van der Waals surface area contributed by atoms with Crippen LogP contribution in [0.25, 0.3) is 0 Å². The number of nitrogens with zero attached hydrogens (tertiary/aromatic N) is 2. The van der Waals surface area contributed by atoms with Crippen LogP contribution in [0.1, 0.15) is 30.1 Å². The Balaban J connectivity index is 0.00000420. The summed E-state index contributed by atoms with van der Waals surface area (Å²) in [5.74, 6) is 1.30. The molecule has 0 unspecified atom stereocenters. The van der Waals surface area contributed by atoms with Crippen molar-refractivity contribution in [1.29, 1.82) is 0 Å². The number of carbonyl (C=O) groups excluding carboxylic acids is 1. The van der Waals surface area contributed by atoms with Crippen LogP contribution in [0.4, 0.5) is 0 Å². The van der Waals surface area contributed by atoms with Gasteiger partial charge in [0.05, 0.1) is 17.2 Å². The van der Waals surface area contributed by atoms with E-state index in [0.29, 0.717) is 18.8 Å². The monoisotopic (exact) mass is 531 g/mol. The van der Waals surface area contributed by atoms with Gasteiger partial charge in [-0.15, -0.1) is 35.3 Å². The van der Waals surface area contributed by atoms with E-state index in [4.69, 9.17) is 4.74 Å². The highest BCUT2D eigenvalue weighted by atomic mass is 127. The smallest absolute Gasteiger partial charge is 0.257 e. The molecule has 0 fully saturated rings. The van der Waals surface area contributed by atoms with Crippen LogP contribution < -0.4 is 20.7 Å². The predicted octanol–water partition coefficient (Wildman–Crippen LogP) is 2.88. The van der Waals surface area contributed by atoms with Crippen molar-refractivity contribution in [2.45, 2.75) is 33.7 Å². The highest BCUT2D eigenvalue weighted by Crippen LogP contribution is 2.14. The van der Waals surface area contributed by atoms with Gasteiger partial charge in [0.2, 0.25) is 0 Å². The zero-order valence-corrected chi connectivity index (χ0v) is 20.3. The molecule has 0 saturated carbocycles. The van der Waals surface area contributed by atoms with Gasteiger partial charge in [-0.2, -0.15) is 0 Å². The minimum absolute atomic E-state index is 0. The third-order valence-corrected chi connectivity index (χ3v) is 4.57. The van der Waals surface area contributed by atoms with Crippen LogP contribution in [0.5, 0.6) is 5.75 Å². The van der Waals surface area contributed by atoms with Crippen LogP contribution in [-0.2, 0) is 17.8 Å². The Morgan fingerprint density at radius 3 is 2.69 bits per heavy atom. The van der Waals surface area contributed by atoms with Crippen molar-refractivity contribution in [2.75, 3.05) is 26.2 Å². The molecule has 9 heteroatoms. The first kappa shape index (κ1) is 25.2. The van der Waals surface area contributed by atoms with E-state index >= 15 is 0 Å². The van der Waals surface area contributed by atoms with Crippen molar-refractivity contribution < 1.29 is 9.53 Å². The summed E-state index contributed by atoms with van der Waals surface area (Å²) in [5.41, 5.74) is 2.11. The number of ether oxygens (including phenoxy) is 1. The second-order valence-corrected chi connectivity index (χ2v) is 7.18. The number of amides is 1. The predicted molar refractivity (Wildman–Crippen MR) is 129 cm³/mol. The molecule has 0 aliphatic carbocycles. The van der Waals surface area contributed by atoms with Gasteiger partial charge in [0.15, 0.2) is 12.6 Å². The number of aromatic nitrogens is 1. The number of carbonyl (C=O) groups is 1. The number of guanidine groups is 1. The van der Waals surface area contributed by atoms with Crippen LogP contribution in [0.3, 0.4) is 0 Å². The van der Waals surface area contributed by atoms with Crippen molar-refractivity contribution in [3.8, 4) is 5.75 Å². The molecule has 1 aromatic heterocycles. The normalized spacial score (nSPS) is 10.8. The summed E-state index contributed by atoms with van der Waals surface area (Å²) < 4.78 is 5.53. The molecule has 7 nitrogen and oxygen atoms in total. The fourth-order valence-corrected chi connectivity index (χ4v) is 3.12. The fourth-order valence-electron chi connectivity index (χ4n) is 2.47. The molecule has 1 amide bonds. The summed E-state index contributed by atoms with van der Waals surface area (Å²) >= 11 is 1.67. The fraction of sp³-hybridized carbons (Fsp3) is 0.450. The molecule has 0 radical (unpaired) electrons. The van der Waals surface area contributed by atoms with Gasteiger partial charge in [-0.3, -0.25) is 4.79 Å². The summed E-state index contributed by atoms with van der Waals surface area (Å²) in [4.78, 5) is 20.6. The van der Waals surface area contributed by atoms with Gasteiger partial charge in [-0.25, -0.2) is 9.98 Å². The first-order chi connectivity index (χ1) is 13.6. The maximum Gasteiger partial charge on any atom is 0.257 e. The molecule has 0 saturated heterocycles. The number of aryl methyl sites for hydroxylation is 1. The molecule has 3 N–H and O–H groups in total. The summed E-state index contributed by atoms with van der Waals surface area (Å²) in [7, 11) is 0. The first-order valence-corrected chi connectivity index (χ1v) is 10.4. The quantitative estimate of drug-likeness (QED) is 0.250. The molecule has 0 spiro atoms. The van der Waals surface area contributed by atoms with Gasteiger partial charge in [-0.1, -0.05) is 12.1 Å². The Morgan fingerprint density at radius 1 is 1.21 bits per heavy atom. The van der Waals surface area contributed by atoms with Gasteiger partial charge < -0.3 is 20.7 Å². The van der Waals surface area contributed by atoms with E-state index in [1.54, 1.807) is 11.3 Å². The number of aliphatic imine (C=N–C) groups is 1. The summed E-state index contributed by atoms with van der Waals surface area (Å²) in [6.07, 6.45) is 0.859. The van der Waals surface area contributed by atoms with Crippen molar-refractivity contribution in [2.24, 2.45) is 4.99 Å². The molecular weight excluding hydrogens is 501 g/mol. The SMILES string of the molecule is CCNC(=O)COc1cccc(CN=C(NCC)NCCc2csc(C)n2)c1.I. The third kappa shape index (κ3) is 9.93. The number of rotatable bonds is 10. The second kappa shape index (κ2) is 14.2. The number of thiazole rings is 1. The van der Waals surface area contributed by atoms with Crippen LogP contribution >= 0.6 is 35.3 Å². The number of likely N-dealkylation sites (N-methyl/N-ethyl adjacent to an activating group) is 1. The number of hydrogen-bond donors (Lipinski definition) is 3.